The molecule has 14 heavy (non-hydrogen) atoms. The van der Waals surface area contributed by atoms with Crippen LogP contribution in [0.15, 0.2) is 24.3 Å². The van der Waals surface area contributed by atoms with Gasteiger partial charge in [0, 0.05) is 12.6 Å². The van der Waals surface area contributed by atoms with E-state index in [1.54, 1.807) is 12.1 Å². The Hall–Kier alpha value is -0.835. The van der Waals surface area contributed by atoms with Gasteiger partial charge in [-0.3, -0.25) is 0 Å². The van der Waals surface area contributed by atoms with Crippen LogP contribution in [0.25, 0.3) is 0 Å². The molecule has 0 radical (unpaired) electrons. The average Bonchev–Trinajstić information content (AvgIpc) is 2.99. The van der Waals surface area contributed by atoms with Crippen LogP contribution in [-0.4, -0.2) is 23.2 Å². The summed E-state index contributed by atoms with van der Waals surface area (Å²) in [5, 5.41) is 21.2. The normalized spacial score (nSPS) is 15.6. The summed E-state index contributed by atoms with van der Waals surface area (Å²) < 4.78 is 0. The molecule has 0 aliphatic heterocycles. The largest absolute Gasteiger partial charge is 0.488 e. The summed E-state index contributed by atoms with van der Waals surface area (Å²) in [5.74, 6) is 0. The maximum atomic E-state index is 8.88. The van der Waals surface area contributed by atoms with Gasteiger partial charge in [0.15, 0.2) is 0 Å². The average molecular weight is 191 g/mol. The monoisotopic (exact) mass is 191 g/mol. The van der Waals surface area contributed by atoms with E-state index >= 15 is 0 Å². The Morgan fingerprint density at radius 3 is 2.36 bits per heavy atom. The molecule has 0 bridgehead atoms. The van der Waals surface area contributed by atoms with Gasteiger partial charge in [0.1, 0.15) is 0 Å². The SMILES string of the molecule is OB(O)c1ccc(CNC2CC2)cc1. The van der Waals surface area contributed by atoms with Gasteiger partial charge >= 0.3 is 7.12 Å². The molecule has 1 fully saturated rings. The lowest BCUT2D eigenvalue weighted by Gasteiger charge is -2.04. The van der Waals surface area contributed by atoms with E-state index in [-0.39, 0.29) is 0 Å². The fourth-order valence-corrected chi connectivity index (χ4v) is 1.36. The van der Waals surface area contributed by atoms with E-state index in [2.05, 4.69) is 5.32 Å². The molecular formula is C10H14BNO2. The Labute approximate surface area is 83.9 Å². The van der Waals surface area contributed by atoms with Gasteiger partial charge in [-0.2, -0.15) is 0 Å². The maximum Gasteiger partial charge on any atom is 0.488 e. The van der Waals surface area contributed by atoms with Gasteiger partial charge in [0.05, 0.1) is 0 Å². The zero-order valence-corrected chi connectivity index (χ0v) is 7.98. The van der Waals surface area contributed by atoms with Gasteiger partial charge in [-0.15, -0.1) is 0 Å². The lowest BCUT2D eigenvalue weighted by Crippen LogP contribution is -2.29. The Morgan fingerprint density at radius 1 is 1.21 bits per heavy atom. The molecule has 1 aromatic carbocycles. The Bertz CT molecular complexity index is 295. The fraction of sp³-hybridized carbons (Fsp3) is 0.400. The molecule has 0 heterocycles. The Balaban J connectivity index is 1.91. The molecule has 0 saturated heterocycles. The van der Waals surface area contributed by atoms with Crippen LogP contribution in [0.2, 0.25) is 0 Å². The van der Waals surface area contributed by atoms with Crippen molar-refractivity contribution in [2.75, 3.05) is 0 Å². The first-order valence-corrected chi connectivity index (χ1v) is 4.94. The van der Waals surface area contributed by atoms with Gasteiger partial charge in [-0.05, 0) is 23.9 Å². The fourth-order valence-electron chi connectivity index (χ4n) is 1.36. The van der Waals surface area contributed by atoms with Crippen LogP contribution in [0, 0.1) is 0 Å². The van der Waals surface area contributed by atoms with Crippen molar-refractivity contribution in [3.8, 4) is 0 Å². The molecule has 0 spiro atoms. The van der Waals surface area contributed by atoms with Crippen LogP contribution in [0.5, 0.6) is 0 Å². The molecule has 3 N–H and O–H groups in total. The molecule has 1 aliphatic carbocycles. The first kappa shape index (κ1) is 9.71. The number of nitrogens with one attached hydrogen (secondary N) is 1. The topological polar surface area (TPSA) is 52.5 Å². The standard InChI is InChI=1S/C10H14BNO2/c13-11(14)9-3-1-8(2-4-9)7-12-10-5-6-10/h1-4,10,12-14H,5-7H2. The van der Waals surface area contributed by atoms with E-state index in [4.69, 9.17) is 10.0 Å². The predicted octanol–water partition coefficient (Wildman–Crippen LogP) is -0.382. The van der Waals surface area contributed by atoms with Crippen molar-refractivity contribution in [1.82, 2.24) is 5.32 Å². The van der Waals surface area contributed by atoms with Crippen LogP contribution in [0.4, 0.5) is 0 Å². The molecule has 1 saturated carbocycles. The molecule has 0 aromatic heterocycles. The second-order valence-corrected chi connectivity index (χ2v) is 3.77. The third-order valence-corrected chi connectivity index (χ3v) is 2.45. The van der Waals surface area contributed by atoms with Crippen LogP contribution < -0.4 is 10.8 Å². The van der Waals surface area contributed by atoms with Crippen LogP contribution in [-0.2, 0) is 6.54 Å². The molecule has 0 amide bonds. The van der Waals surface area contributed by atoms with Crippen LogP contribution >= 0.6 is 0 Å². The summed E-state index contributed by atoms with van der Waals surface area (Å²) in [6.45, 7) is 0.868. The lowest BCUT2D eigenvalue weighted by molar-refractivity contribution is 0.426. The number of hydrogen-bond donors (Lipinski definition) is 3. The third-order valence-electron chi connectivity index (χ3n) is 2.45. The molecule has 2 rings (SSSR count). The zero-order chi connectivity index (χ0) is 9.97. The number of hydrogen-bond acceptors (Lipinski definition) is 3. The highest BCUT2D eigenvalue weighted by Gasteiger charge is 2.19. The van der Waals surface area contributed by atoms with Crippen molar-refractivity contribution < 1.29 is 10.0 Å². The van der Waals surface area contributed by atoms with E-state index in [1.807, 2.05) is 12.1 Å². The molecule has 3 nitrogen and oxygen atoms in total. The zero-order valence-electron chi connectivity index (χ0n) is 7.98. The van der Waals surface area contributed by atoms with Gasteiger partial charge in [0.25, 0.3) is 0 Å². The quantitative estimate of drug-likeness (QED) is 0.568. The van der Waals surface area contributed by atoms with E-state index in [1.165, 1.54) is 18.4 Å². The van der Waals surface area contributed by atoms with Crippen molar-refractivity contribution in [1.29, 1.82) is 0 Å². The summed E-state index contributed by atoms with van der Waals surface area (Å²) in [6.07, 6.45) is 2.57. The van der Waals surface area contributed by atoms with Gasteiger partial charge < -0.3 is 15.4 Å². The van der Waals surface area contributed by atoms with E-state index in [0.717, 1.165) is 6.54 Å². The predicted molar refractivity (Wildman–Crippen MR) is 56.1 cm³/mol. The molecule has 0 atom stereocenters. The molecular weight excluding hydrogens is 177 g/mol. The van der Waals surface area contributed by atoms with E-state index in [0.29, 0.717) is 11.5 Å². The Morgan fingerprint density at radius 2 is 1.86 bits per heavy atom. The summed E-state index contributed by atoms with van der Waals surface area (Å²) in [6, 6.07) is 8.04. The second-order valence-electron chi connectivity index (χ2n) is 3.77. The lowest BCUT2D eigenvalue weighted by atomic mass is 9.80. The first-order chi connectivity index (χ1) is 6.75. The first-order valence-electron chi connectivity index (χ1n) is 4.94. The molecule has 74 valence electrons. The maximum absolute atomic E-state index is 8.88. The third kappa shape index (κ3) is 2.58. The number of rotatable bonds is 4. The number of benzene rings is 1. The van der Waals surface area contributed by atoms with Crippen molar-refractivity contribution in [2.45, 2.75) is 25.4 Å². The Kier molecular flexibility index (Phi) is 2.86. The van der Waals surface area contributed by atoms with Gasteiger partial charge in [-0.1, -0.05) is 24.3 Å². The summed E-state index contributed by atoms with van der Waals surface area (Å²) >= 11 is 0. The molecule has 4 heteroatoms. The highest BCUT2D eigenvalue weighted by Crippen LogP contribution is 2.19. The molecule has 1 aromatic rings. The summed E-state index contributed by atoms with van der Waals surface area (Å²) in [4.78, 5) is 0. The van der Waals surface area contributed by atoms with E-state index in [9.17, 15) is 0 Å². The van der Waals surface area contributed by atoms with Gasteiger partial charge in [0.2, 0.25) is 0 Å². The molecule has 1 aliphatic rings. The van der Waals surface area contributed by atoms with Crippen molar-refractivity contribution in [3.05, 3.63) is 29.8 Å². The van der Waals surface area contributed by atoms with Crippen molar-refractivity contribution >= 4 is 12.6 Å². The second kappa shape index (κ2) is 4.13. The van der Waals surface area contributed by atoms with Gasteiger partial charge in [-0.25, -0.2) is 0 Å². The minimum Gasteiger partial charge on any atom is -0.423 e. The highest BCUT2D eigenvalue weighted by molar-refractivity contribution is 6.58. The molecule has 0 unspecified atom stereocenters. The van der Waals surface area contributed by atoms with Crippen LogP contribution in [0.3, 0.4) is 0 Å². The van der Waals surface area contributed by atoms with Crippen molar-refractivity contribution in [2.24, 2.45) is 0 Å². The summed E-state index contributed by atoms with van der Waals surface area (Å²) in [7, 11) is -1.36. The smallest absolute Gasteiger partial charge is 0.423 e. The summed E-state index contributed by atoms with van der Waals surface area (Å²) in [5.41, 5.74) is 1.72. The van der Waals surface area contributed by atoms with Crippen LogP contribution in [0.1, 0.15) is 18.4 Å². The van der Waals surface area contributed by atoms with E-state index < -0.39 is 7.12 Å². The van der Waals surface area contributed by atoms with Crippen molar-refractivity contribution in [3.63, 3.8) is 0 Å². The highest BCUT2D eigenvalue weighted by atomic mass is 16.4. The minimum absolute atomic E-state index is 0.542. The minimum atomic E-state index is -1.36.